The summed E-state index contributed by atoms with van der Waals surface area (Å²) in [5, 5.41) is 3.28. The average Bonchev–Trinajstić information content (AvgIpc) is 2.69. The molecule has 0 saturated carbocycles. The van der Waals surface area contributed by atoms with Gasteiger partial charge in [-0.25, -0.2) is 8.78 Å². The van der Waals surface area contributed by atoms with Crippen molar-refractivity contribution in [2.45, 2.75) is 39.5 Å². The molecule has 29 heavy (non-hydrogen) atoms. The molecule has 0 heterocycles. The van der Waals surface area contributed by atoms with Crippen molar-refractivity contribution in [3.63, 3.8) is 0 Å². The highest BCUT2D eigenvalue weighted by Gasteiger charge is 2.19. The molecule has 0 aliphatic rings. The Bertz CT molecular complexity index is 843. The van der Waals surface area contributed by atoms with Gasteiger partial charge in [0.05, 0.1) is 6.61 Å². The van der Waals surface area contributed by atoms with Crippen molar-refractivity contribution in [2.24, 2.45) is 0 Å². The van der Waals surface area contributed by atoms with Gasteiger partial charge in [0.25, 0.3) is 5.91 Å². The Morgan fingerprint density at radius 1 is 1.07 bits per heavy atom. The highest BCUT2D eigenvalue weighted by Crippen LogP contribution is 2.30. The molecular weight excluding hydrogens is 378 g/mol. The highest BCUT2D eigenvalue weighted by molar-refractivity contribution is 5.80. The van der Waals surface area contributed by atoms with Crippen molar-refractivity contribution in [1.82, 2.24) is 10.2 Å². The van der Waals surface area contributed by atoms with Crippen molar-refractivity contribution in [2.75, 3.05) is 20.7 Å². The Balaban J connectivity index is 2.08. The van der Waals surface area contributed by atoms with Crippen LogP contribution >= 0.6 is 0 Å². The van der Waals surface area contributed by atoms with Crippen molar-refractivity contribution < 1.29 is 23.0 Å². The molecule has 0 aromatic heterocycles. The van der Waals surface area contributed by atoms with Crippen LogP contribution in [0.25, 0.3) is 0 Å². The summed E-state index contributed by atoms with van der Waals surface area (Å²) in [6.07, 6.45) is -0.637. The molecule has 1 amide bonds. The number of nitrogens with zero attached hydrogens (tertiary/aromatic N) is 1. The molecule has 158 valence electrons. The molecule has 0 radical (unpaired) electrons. The minimum Gasteiger partial charge on any atom is -0.490 e. The summed E-state index contributed by atoms with van der Waals surface area (Å²) in [5.74, 6) is -0.825. The third kappa shape index (κ3) is 6.15. The van der Waals surface area contributed by atoms with E-state index in [2.05, 4.69) is 5.32 Å². The van der Waals surface area contributed by atoms with E-state index in [1.165, 1.54) is 11.0 Å². The summed E-state index contributed by atoms with van der Waals surface area (Å²) < 4.78 is 38.0. The number of carbonyl (C=O) groups excluding carboxylic acids is 1. The number of ether oxygens (including phenoxy) is 2. The molecule has 2 rings (SSSR count). The second kappa shape index (κ2) is 10.2. The van der Waals surface area contributed by atoms with Gasteiger partial charge >= 0.3 is 0 Å². The fraction of sp³-hybridized carbons (Fsp3) is 0.409. The zero-order valence-corrected chi connectivity index (χ0v) is 17.5. The third-order valence-corrected chi connectivity index (χ3v) is 4.46. The number of nitrogens with one attached hydrogen (secondary N) is 1. The van der Waals surface area contributed by atoms with Crippen LogP contribution in [0.15, 0.2) is 36.4 Å². The van der Waals surface area contributed by atoms with E-state index in [4.69, 9.17) is 9.47 Å². The van der Waals surface area contributed by atoms with Crippen LogP contribution in [-0.2, 0) is 11.3 Å². The van der Waals surface area contributed by atoms with Crippen LogP contribution < -0.4 is 14.8 Å². The van der Waals surface area contributed by atoms with Gasteiger partial charge in [0.15, 0.2) is 29.2 Å². The molecule has 0 bridgehead atoms. The lowest BCUT2D eigenvalue weighted by Gasteiger charge is -2.21. The number of rotatable bonds is 9. The fourth-order valence-corrected chi connectivity index (χ4v) is 2.80. The van der Waals surface area contributed by atoms with Crippen LogP contribution in [0.2, 0.25) is 0 Å². The van der Waals surface area contributed by atoms with E-state index in [0.717, 1.165) is 11.6 Å². The molecule has 0 aliphatic heterocycles. The summed E-state index contributed by atoms with van der Waals surface area (Å²) in [5.41, 5.74) is 1.59. The first-order valence-electron chi connectivity index (χ1n) is 9.54. The minimum atomic E-state index is -0.863. The smallest absolute Gasteiger partial charge is 0.262 e. The number of benzene rings is 2. The molecule has 0 unspecified atom stereocenters. The Morgan fingerprint density at radius 3 is 2.41 bits per heavy atom. The summed E-state index contributed by atoms with van der Waals surface area (Å²) in [6.45, 7) is 6.38. The second-order valence-corrected chi connectivity index (χ2v) is 6.98. The molecule has 7 heteroatoms. The number of hydrogen-bond acceptors (Lipinski definition) is 4. The van der Waals surface area contributed by atoms with Crippen molar-refractivity contribution >= 4 is 5.91 Å². The zero-order valence-electron chi connectivity index (χ0n) is 17.5. The summed E-state index contributed by atoms with van der Waals surface area (Å²) >= 11 is 0. The number of carbonyl (C=O) groups is 1. The predicted octanol–water partition coefficient (Wildman–Crippen LogP) is 4.07. The van der Waals surface area contributed by atoms with Gasteiger partial charge in [-0.3, -0.25) is 4.79 Å². The fourth-order valence-electron chi connectivity index (χ4n) is 2.80. The van der Waals surface area contributed by atoms with Crippen LogP contribution in [0.5, 0.6) is 11.5 Å². The van der Waals surface area contributed by atoms with Crippen molar-refractivity contribution in [3.05, 3.63) is 59.2 Å². The van der Waals surface area contributed by atoms with E-state index in [9.17, 15) is 13.6 Å². The quantitative estimate of drug-likeness (QED) is 0.682. The molecule has 2 atom stereocenters. The maximum absolute atomic E-state index is 13.4. The number of hydrogen-bond donors (Lipinski definition) is 1. The predicted molar refractivity (Wildman–Crippen MR) is 108 cm³/mol. The molecule has 0 aliphatic carbocycles. The molecule has 5 nitrogen and oxygen atoms in total. The Labute approximate surface area is 170 Å². The van der Waals surface area contributed by atoms with E-state index in [1.807, 2.05) is 26.0 Å². The van der Waals surface area contributed by atoms with E-state index in [1.54, 1.807) is 33.2 Å². The van der Waals surface area contributed by atoms with E-state index in [-0.39, 0.29) is 11.9 Å². The van der Waals surface area contributed by atoms with E-state index in [0.29, 0.717) is 30.2 Å². The first-order chi connectivity index (χ1) is 13.7. The van der Waals surface area contributed by atoms with Crippen LogP contribution in [-0.4, -0.2) is 37.6 Å². The van der Waals surface area contributed by atoms with Gasteiger partial charge in [-0.1, -0.05) is 12.1 Å². The van der Waals surface area contributed by atoms with Crippen molar-refractivity contribution in [3.8, 4) is 11.5 Å². The lowest BCUT2D eigenvalue weighted by molar-refractivity contribution is -0.135. The standard InChI is InChI=1S/C22H28F2N2O3/c1-6-28-21-11-16(7-10-20(21)29-15(3)22(27)26(4)5)13-25-14(2)17-8-9-18(23)19(24)12-17/h7-12,14-15,25H,6,13H2,1-5H3/t14-,15+/m0/s1. The molecule has 2 aromatic rings. The highest BCUT2D eigenvalue weighted by atomic mass is 19.2. The largest absolute Gasteiger partial charge is 0.490 e. The molecule has 1 N–H and O–H groups in total. The minimum absolute atomic E-state index is 0.140. The van der Waals surface area contributed by atoms with Crippen LogP contribution in [0.3, 0.4) is 0 Å². The topological polar surface area (TPSA) is 50.8 Å². The van der Waals surface area contributed by atoms with Gasteiger partial charge in [0, 0.05) is 26.7 Å². The Kier molecular flexibility index (Phi) is 7.96. The van der Waals surface area contributed by atoms with Gasteiger partial charge in [-0.15, -0.1) is 0 Å². The third-order valence-electron chi connectivity index (χ3n) is 4.46. The molecule has 0 fully saturated rings. The van der Waals surface area contributed by atoms with Gasteiger partial charge in [0.1, 0.15) is 0 Å². The first-order valence-corrected chi connectivity index (χ1v) is 9.54. The van der Waals surface area contributed by atoms with Crippen molar-refractivity contribution in [1.29, 1.82) is 0 Å². The normalized spacial score (nSPS) is 12.9. The molecule has 2 aromatic carbocycles. The maximum Gasteiger partial charge on any atom is 0.262 e. The molecule has 0 saturated heterocycles. The first kappa shape index (κ1) is 22.6. The lowest BCUT2D eigenvalue weighted by atomic mass is 10.1. The Morgan fingerprint density at radius 2 is 1.79 bits per heavy atom. The van der Waals surface area contributed by atoms with Gasteiger partial charge in [0.2, 0.25) is 0 Å². The number of halogens is 2. The maximum atomic E-state index is 13.4. The van der Waals surface area contributed by atoms with E-state index >= 15 is 0 Å². The Hall–Kier alpha value is -2.67. The monoisotopic (exact) mass is 406 g/mol. The average molecular weight is 406 g/mol. The molecule has 0 spiro atoms. The van der Waals surface area contributed by atoms with Gasteiger partial charge in [-0.05, 0) is 56.2 Å². The van der Waals surface area contributed by atoms with Crippen LogP contribution in [0.1, 0.15) is 37.9 Å². The zero-order chi connectivity index (χ0) is 21.6. The lowest BCUT2D eigenvalue weighted by Crippen LogP contribution is -2.35. The van der Waals surface area contributed by atoms with Crippen LogP contribution in [0.4, 0.5) is 8.78 Å². The second-order valence-electron chi connectivity index (χ2n) is 6.98. The summed E-state index contributed by atoms with van der Waals surface area (Å²) in [4.78, 5) is 13.5. The van der Waals surface area contributed by atoms with Crippen LogP contribution in [0, 0.1) is 11.6 Å². The summed E-state index contributed by atoms with van der Waals surface area (Å²) in [7, 11) is 3.35. The SMILES string of the molecule is CCOc1cc(CN[C@@H](C)c2ccc(F)c(F)c2)ccc1O[C@H](C)C(=O)N(C)C. The number of amides is 1. The summed E-state index contributed by atoms with van der Waals surface area (Å²) in [6, 6.07) is 9.18. The van der Waals surface area contributed by atoms with Gasteiger partial charge in [-0.2, -0.15) is 0 Å². The number of likely N-dealkylation sites (N-methyl/N-ethyl adjacent to an activating group) is 1. The molecular formula is C22H28F2N2O3. The van der Waals surface area contributed by atoms with Gasteiger partial charge < -0.3 is 19.7 Å². The van der Waals surface area contributed by atoms with E-state index < -0.39 is 17.7 Å².